The van der Waals surface area contributed by atoms with Crippen LogP contribution in [0.2, 0.25) is 0 Å². The van der Waals surface area contributed by atoms with Crippen LogP contribution in [-0.4, -0.2) is 10.9 Å². The lowest BCUT2D eigenvalue weighted by Crippen LogP contribution is -2.01. The SMILES string of the molecule is Cc1cncc(CC(C)CCl)c1. The molecule has 1 atom stereocenters. The lowest BCUT2D eigenvalue weighted by atomic mass is 10.0. The second-order valence-electron chi connectivity index (χ2n) is 3.33. The maximum atomic E-state index is 5.72. The van der Waals surface area contributed by atoms with Gasteiger partial charge in [0, 0.05) is 18.3 Å². The summed E-state index contributed by atoms with van der Waals surface area (Å²) in [5.41, 5.74) is 2.50. The van der Waals surface area contributed by atoms with Crippen molar-refractivity contribution in [1.29, 1.82) is 0 Å². The van der Waals surface area contributed by atoms with Crippen molar-refractivity contribution < 1.29 is 0 Å². The molecule has 0 aliphatic carbocycles. The topological polar surface area (TPSA) is 12.9 Å². The van der Waals surface area contributed by atoms with Crippen LogP contribution in [0.15, 0.2) is 18.5 Å². The molecule has 0 aliphatic heterocycles. The molecule has 0 saturated heterocycles. The molecule has 0 bridgehead atoms. The summed E-state index contributed by atoms with van der Waals surface area (Å²) in [6.45, 7) is 4.21. The van der Waals surface area contributed by atoms with E-state index in [-0.39, 0.29) is 0 Å². The largest absolute Gasteiger partial charge is 0.264 e. The highest BCUT2D eigenvalue weighted by Gasteiger charge is 2.01. The summed E-state index contributed by atoms with van der Waals surface area (Å²) in [5, 5.41) is 0. The van der Waals surface area contributed by atoms with Gasteiger partial charge < -0.3 is 0 Å². The summed E-state index contributed by atoms with van der Waals surface area (Å²) < 4.78 is 0. The number of halogens is 1. The molecule has 1 aromatic heterocycles. The average Bonchev–Trinajstić information content (AvgIpc) is 2.04. The minimum absolute atomic E-state index is 0.537. The summed E-state index contributed by atoms with van der Waals surface area (Å²) in [4.78, 5) is 4.13. The van der Waals surface area contributed by atoms with E-state index in [1.54, 1.807) is 0 Å². The monoisotopic (exact) mass is 183 g/mol. The Kier molecular flexibility index (Phi) is 3.54. The summed E-state index contributed by atoms with van der Waals surface area (Å²) in [6, 6.07) is 2.16. The lowest BCUT2D eigenvalue weighted by molar-refractivity contribution is 0.652. The maximum Gasteiger partial charge on any atom is 0.0300 e. The molecular formula is C10H14ClN. The smallest absolute Gasteiger partial charge is 0.0300 e. The fraction of sp³-hybridized carbons (Fsp3) is 0.500. The Bertz CT molecular complexity index is 247. The molecule has 1 aromatic rings. The number of aryl methyl sites for hydroxylation is 1. The van der Waals surface area contributed by atoms with Gasteiger partial charge in [0.15, 0.2) is 0 Å². The fourth-order valence-corrected chi connectivity index (χ4v) is 1.30. The maximum absolute atomic E-state index is 5.72. The van der Waals surface area contributed by atoms with Crippen molar-refractivity contribution >= 4 is 11.6 Å². The Morgan fingerprint density at radius 3 is 2.83 bits per heavy atom. The molecule has 0 aliphatic rings. The summed E-state index contributed by atoms with van der Waals surface area (Å²) in [7, 11) is 0. The molecular weight excluding hydrogens is 170 g/mol. The van der Waals surface area contributed by atoms with E-state index in [4.69, 9.17) is 11.6 Å². The van der Waals surface area contributed by atoms with E-state index in [0.29, 0.717) is 11.8 Å². The highest BCUT2D eigenvalue weighted by atomic mass is 35.5. The Morgan fingerprint density at radius 1 is 1.50 bits per heavy atom. The van der Waals surface area contributed by atoms with E-state index in [9.17, 15) is 0 Å². The van der Waals surface area contributed by atoms with Crippen LogP contribution in [0, 0.1) is 12.8 Å². The van der Waals surface area contributed by atoms with Crippen molar-refractivity contribution in [3.05, 3.63) is 29.6 Å². The second-order valence-corrected chi connectivity index (χ2v) is 3.64. The van der Waals surface area contributed by atoms with E-state index < -0.39 is 0 Å². The molecule has 0 N–H and O–H groups in total. The zero-order valence-electron chi connectivity index (χ0n) is 7.55. The predicted molar refractivity (Wildman–Crippen MR) is 52.6 cm³/mol. The average molecular weight is 184 g/mol. The molecule has 0 amide bonds. The molecule has 1 unspecified atom stereocenters. The van der Waals surface area contributed by atoms with Crippen molar-refractivity contribution in [2.45, 2.75) is 20.3 Å². The number of aromatic nitrogens is 1. The standard InChI is InChI=1S/C10H14ClN/c1-8(5-11)3-10-4-9(2)6-12-7-10/h4,6-8H,3,5H2,1-2H3. The Hall–Kier alpha value is -0.560. The second kappa shape index (κ2) is 4.46. The Balaban J connectivity index is 2.63. The molecule has 0 saturated carbocycles. The first-order valence-electron chi connectivity index (χ1n) is 4.19. The minimum Gasteiger partial charge on any atom is -0.264 e. The van der Waals surface area contributed by atoms with Crippen molar-refractivity contribution in [1.82, 2.24) is 4.98 Å². The van der Waals surface area contributed by atoms with Gasteiger partial charge in [0.05, 0.1) is 0 Å². The van der Waals surface area contributed by atoms with Crippen LogP contribution in [0.4, 0.5) is 0 Å². The van der Waals surface area contributed by atoms with Gasteiger partial charge in [-0.3, -0.25) is 4.98 Å². The van der Waals surface area contributed by atoms with E-state index >= 15 is 0 Å². The summed E-state index contributed by atoms with van der Waals surface area (Å²) in [5.74, 6) is 1.25. The molecule has 0 radical (unpaired) electrons. The molecule has 1 heterocycles. The van der Waals surface area contributed by atoms with E-state index in [0.717, 1.165) is 6.42 Å². The van der Waals surface area contributed by atoms with Gasteiger partial charge in [-0.05, 0) is 30.4 Å². The highest BCUT2D eigenvalue weighted by molar-refractivity contribution is 6.18. The van der Waals surface area contributed by atoms with Gasteiger partial charge in [-0.15, -0.1) is 11.6 Å². The van der Waals surface area contributed by atoms with Crippen LogP contribution >= 0.6 is 11.6 Å². The van der Waals surface area contributed by atoms with Gasteiger partial charge in [0.25, 0.3) is 0 Å². The normalized spacial score (nSPS) is 12.9. The lowest BCUT2D eigenvalue weighted by Gasteiger charge is -2.06. The fourth-order valence-electron chi connectivity index (χ4n) is 1.19. The quantitative estimate of drug-likeness (QED) is 0.657. The molecule has 1 rings (SSSR count). The van der Waals surface area contributed by atoms with Gasteiger partial charge in [-0.25, -0.2) is 0 Å². The number of hydrogen-bond acceptors (Lipinski definition) is 1. The van der Waals surface area contributed by atoms with Crippen LogP contribution in [0.5, 0.6) is 0 Å². The zero-order valence-corrected chi connectivity index (χ0v) is 8.30. The third-order valence-corrected chi connectivity index (χ3v) is 2.31. The zero-order chi connectivity index (χ0) is 8.97. The van der Waals surface area contributed by atoms with E-state index in [2.05, 4.69) is 24.9 Å². The third kappa shape index (κ3) is 2.82. The first-order valence-corrected chi connectivity index (χ1v) is 4.72. The molecule has 12 heavy (non-hydrogen) atoms. The van der Waals surface area contributed by atoms with E-state index in [1.165, 1.54) is 11.1 Å². The van der Waals surface area contributed by atoms with Crippen LogP contribution in [-0.2, 0) is 6.42 Å². The minimum atomic E-state index is 0.537. The van der Waals surface area contributed by atoms with Crippen LogP contribution < -0.4 is 0 Å². The molecule has 1 nitrogen and oxygen atoms in total. The first-order chi connectivity index (χ1) is 5.72. The number of nitrogens with zero attached hydrogens (tertiary/aromatic N) is 1. The van der Waals surface area contributed by atoms with Crippen molar-refractivity contribution in [2.24, 2.45) is 5.92 Å². The molecule has 0 spiro atoms. The molecule has 66 valence electrons. The van der Waals surface area contributed by atoms with Crippen LogP contribution in [0.3, 0.4) is 0 Å². The van der Waals surface area contributed by atoms with E-state index in [1.807, 2.05) is 12.4 Å². The van der Waals surface area contributed by atoms with Gasteiger partial charge in [0.2, 0.25) is 0 Å². The Morgan fingerprint density at radius 2 is 2.25 bits per heavy atom. The first kappa shape index (κ1) is 9.53. The molecule has 0 fully saturated rings. The Labute approximate surface area is 78.8 Å². The highest BCUT2D eigenvalue weighted by Crippen LogP contribution is 2.09. The molecule has 2 heteroatoms. The van der Waals surface area contributed by atoms with Gasteiger partial charge in [0.1, 0.15) is 0 Å². The predicted octanol–water partition coefficient (Wildman–Crippen LogP) is 2.81. The van der Waals surface area contributed by atoms with Gasteiger partial charge in [-0.1, -0.05) is 13.0 Å². The van der Waals surface area contributed by atoms with Crippen molar-refractivity contribution in [3.8, 4) is 0 Å². The van der Waals surface area contributed by atoms with Gasteiger partial charge in [-0.2, -0.15) is 0 Å². The number of pyridine rings is 1. The van der Waals surface area contributed by atoms with Crippen molar-refractivity contribution in [2.75, 3.05) is 5.88 Å². The third-order valence-electron chi connectivity index (χ3n) is 1.78. The number of rotatable bonds is 3. The van der Waals surface area contributed by atoms with Crippen LogP contribution in [0.1, 0.15) is 18.1 Å². The number of hydrogen-bond donors (Lipinski definition) is 0. The van der Waals surface area contributed by atoms with Crippen LogP contribution in [0.25, 0.3) is 0 Å². The summed E-state index contributed by atoms with van der Waals surface area (Å²) >= 11 is 5.72. The van der Waals surface area contributed by atoms with Crippen molar-refractivity contribution in [3.63, 3.8) is 0 Å². The number of alkyl halides is 1. The molecule has 0 aromatic carbocycles. The summed E-state index contributed by atoms with van der Waals surface area (Å²) in [6.07, 6.45) is 4.81. The van der Waals surface area contributed by atoms with Gasteiger partial charge >= 0.3 is 0 Å².